The summed E-state index contributed by atoms with van der Waals surface area (Å²) in [6.07, 6.45) is 2.19. The largest absolute Gasteiger partial charge is 0.494 e. The zero-order valence-corrected chi connectivity index (χ0v) is 13.5. The average Bonchev–Trinajstić information content (AvgIpc) is 3.00. The summed E-state index contributed by atoms with van der Waals surface area (Å²) >= 11 is 0. The molecule has 1 amide bonds. The maximum atomic E-state index is 12.2. The van der Waals surface area contributed by atoms with E-state index in [0.717, 1.165) is 18.6 Å². The number of benzene rings is 1. The molecule has 6 nitrogen and oxygen atoms in total. The molecule has 23 heavy (non-hydrogen) atoms. The van der Waals surface area contributed by atoms with E-state index in [-0.39, 0.29) is 12.5 Å². The number of hydrogen-bond donors (Lipinski definition) is 1. The lowest BCUT2D eigenvalue weighted by Gasteiger charge is -2.24. The number of rotatable bonds is 8. The van der Waals surface area contributed by atoms with Crippen LogP contribution in [-0.4, -0.2) is 66.1 Å². The number of carboxylic acid groups (broad SMARTS) is 1. The Morgan fingerprint density at radius 2 is 2.09 bits per heavy atom. The highest BCUT2D eigenvalue weighted by atomic mass is 16.5. The van der Waals surface area contributed by atoms with E-state index in [2.05, 4.69) is 0 Å². The standard InChI is InChI=1S/C17H24N2O4/c1-18(10-6-12-23-14-7-3-2-4-8-14)16(20)13-19-11-5-9-15(19)17(21)22/h2-4,7-8,15H,5-6,9-13H2,1H3,(H,21,22)/t15-/m1/s1. The van der Waals surface area contributed by atoms with Crippen LogP contribution in [0.15, 0.2) is 30.3 Å². The molecule has 1 N–H and O–H groups in total. The number of carbonyl (C=O) groups excluding carboxylic acids is 1. The van der Waals surface area contributed by atoms with Gasteiger partial charge in [0.2, 0.25) is 5.91 Å². The number of likely N-dealkylation sites (N-methyl/N-ethyl adjacent to an activating group) is 1. The third-order valence-corrected chi connectivity index (χ3v) is 4.06. The summed E-state index contributed by atoms with van der Waals surface area (Å²) in [6.45, 7) is 1.99. The maximum Gasteiger partial charge on any atom is 0.320 e. The number of carboxylic acids is 1. The summed E-state index contributed by atoms with van der Waals surface area (Å²) in [5.41, 5.74) is 0. The number of amides is 1. The molecule has 0 saturated carbocycles. The van der Waals surface area contributed by atoms with E-state index in [1.807, 2.05) is 30.3 Å². The van der Waals surface area contributed by atoms with Gasteiger partial charge >= 0.3 is 5.97 Å². The lowest BCUT2D eigenvalue weighted by molar-refractivity contribution is -0.143. The Labute approximate surface area is 136 Å². The Kier molecular flexibility index (Phi) is 6.40. The van der Waals surface area contributed by atoms with Gasteiger partial charge in [-0.3, -0.25) is 14.5 Å². The van der Waals surface area contributed by atoms with Crippen LogP contribution in [0.5, 0.6) is 5.75 Å². The van der Waals surface area contributed by atoms with Crippen molar-refractivity contribution in [2.75, 3.05) is 33.3 Å². The monoisotopic (exact) mass is 320 g/mol. The van der Waals surface area contributed by atoms with Gasteiger partial charge in [-0.25, -0.2) is 0 Å². The summed E-state index contributed by atoms with van der Waals surface area (Å²) in [4.78, 5) is 26.7. The number of ether oxygens (including phenoxy) is 1. The van der Waals surface area contributed by atoms with Crippen LogP contribution in [0.25, 0.3) is 0 Å². The van der Waals surface area contributed by atoms with Crippen molar-refractivity contribution in [3.63, 3.8) is 0 Å². The van der Waals surface area contributed by atoms with Gasteiger partial charge in [-0.2, -0.15) is 0 Å². The Hall–Kier alpha value is -2.08. The first-order chi connectivity index (χ1) is 11.1. The third-order valence-electron chi connectivity index (χ3n) is 4.06. The fourth-order valence-electron chi connectivity index (χ4n) is 2.72. The highest BCUT2D eigenvalue weighted by Gasteiger charge is 2.32. The van der Waals surface area contributed by atoms with Crippen molar-refractivity contribution in [2.45, 2.75) is 25.3 Å². The van der Waals surface area contributed by atoms with Crippen LogP contribution < -0.4 is 4.74 Å². The fourth-order valence-corrected chi connectivity index (χ4v) is 2.72. The van der Waals surface area contributed by atoms with Gasteiger partial charge < -0.3 is 14.7 Å². The van der Waals surface area contributed by atoms with Gasteiger partial charge in [-0.1, -0.05) is 18.2 Å². The van der Waals surface area contributed by atoms with Gasteiger partial charge in [0.15, 0.2) is 0 Å². The quantitative estimate of drug-likeness (QED) is 0.735. The molecule has 0 spiro atoms. The topological polar surface area (TPSA) is 70.1 Å². The van der Waals surface area contributed by atoms with Crippen molar-refractivity contribution in [2.24, 2.45) is 0 Å². The van der Waals surface area contributed by atoms with E-state index in [9.17, 15) is 9.59 Å². The van der Waals surface area contributed by atoms with Crippen LogP contribution in [0, 0.1) is 0 Å². The summed E-state index contributed by atoms with van der Waals surface area (Å²) in [7, 11) is 1.75. The van der Waals surface area contributed by atoms with E-state index in [4.69, 9.17) is 9.84 Å². The minimum Gasteiger partial charge on any atom is -0.494 e. The minimum absolute atomic E-state index is 0.0436. The molecule has 0 unspecified atom stereocenters. The number of hydrogen-bond acceptors (Lipinski definition) is 4. The first-order valence-corrected chi connectivity index (χ1v) is 7.96. The van der Waals surface area contributed by atoms with Crippen LogP contribution in [0.2, 0.25) is 0 Å². The van der Waals surface area contributed by atoms with E-state index in [0.29, 0.717) is 26.1 Å². The van der Waals surface area contributed by atoms with Gasteiger partial charge in [-0.15, -0.1) is 0 Å². The highest BCUT2D eigenvalue weighted by molar-refractivity contribution is 5.80. The SMILES string of the molecule is CN(CCCOc1ccccc1)C(=O)CN1CCC[C@@H]1C(=O)O. The van der Waals surface area contributed by atoms with Crippen molar-refractivity contribution < 1.29 is 19.4 Å². The fraction of sp³-hybridized carbons (Fsp3) is 0.529. The summed E-state index contributed by atoms with van der Waals surface area (Å²) in [5, 5.41) is 9.13. The molecule has 1 aromatic rings. The van der Waals surface area contributed by atoms with E-state index < -0.39 is 12.0 Å². The Balaban J connectivity index is 1.67. The van der Waals surface area contributed by atoms with E-state index in [1.165, 1.54) is 0 Å². The second kappa shape index (κ2) is 8.53. The number of nitrogens with zero attached hydrogens (tertiary/aromatic N) is 2. The Morgan fingerprint density at radius 1 is 1.35 bits per heavy atom. The molecule has 0 aromatic heterocycles. The Bertz CT molecular complexity index is 521. The molecule has 2 rings (SSSR count). The predicted octanol–water partition coefficient (Wildman–Crippen LogP) is 1.46. The van der Waals surface area contributed by atoms with Crippen LogP contribution >= 0.6 is 0 Å². The molecule has 1 heterocycles. The average molecular weight is 320 g/mol. The summed E-state index contributed by atoms with van der Waals surface area (Å²) < 4.78 is 5.59. The molecule has 0 bridgehead atoms. The normalized spacial score (nSPS) is 17.9. The molecule has 0 radical (unpaired) electrons. The van der Waals surface area contributed by atoms with Crippen molar-refractivity contribution in [1.82, 2.24) is 9.80 Å². The Morgan fingerprint density at radius 3 is 2.78 bits per heavy atom. The molecule has 126 valence electrons. The van der Waals surface area contributed by atoms with Crippen LogP contribution in [0.3, 0.4) is 0 Å². The van der Waals surface area contributed by atoms with Gasteiger partial charge in [0.1, 0.15) is 11.8 Å². The molecule has 1 atom stereocenters. The molecule has 0 aliphatic carbocycles. The molecule has 1 aliphatic rings. The lowest BCUT2D eigenvalue weighted by atomic mass is 10.2. The number of likely N-dealkylation sites (tertiary alicyclic amines) is 1. The molecular formula is C17H24N2O4. The third kappa shape index (κ3) is 5.25. The lowest BCUT2D eigenvalue weighted by Crippen LogP contribution is -2.43. The highest BCUT2D eigenvalue weighted by Crippen LogP contribution is 2.17. The van der Waals surface area contributed by atoms with Crippen molar-refractivity contribution >= 4 is 11.9 Å². The molecule has 1 aromatic carbocycles. The van der Waals surface area contributed by atoms with Crippen LogP contribution in [0.1, 0.15) is 19.3 Å². The van der Waals surface area contributed by atoms with Crippen LogP contribution in [-0.2, 0) is 9.59 Å². The number of aliphatic carboxylic acids is 1. The molecule has 1 fully saturated rings. The van der Waals surface area contributed by atoms with Crippen molar-refractivity contribution in [3.05, 3.63) is 30.3 Å². The van der Waals surface area contributed by atoms with Gasteiger partial charge in [0.05, 0.1) is 13.2 Å². The smallest absolute Gasteiger partial charge is 0.320 e. The molecule has 6 heteroatoms. The first kappa shape index (κ1) is 17.3. The van der Waals surface area contributed by atoms with Gasteiger partial charge in [0, 0.05) is 13.6 Å². The van der Waals surface area contributed by atoms with Crippen LogP contribution in [0.4, 0.5) is 0 Å². The molecule has 1 saturated heterocycles. The van der Waals surface area contributed by atoms with Gasteiger partial charge in [0.25, 0.3) is 0 Å². The summed E-state index contributed by atoms with van der Waals surface area (Å²) in [5.74, 6) is -0.0603. The van der Waals surface area contributed by atoms with Gasteiger partial charge in [-0.05, 0) is 37.9 Å². The maximum absolute atomic E-state index is 12.2. The minimum atomic E-state index is -0.839. The molecular weight excluding hydrogens is 296 g/mol. The zero-order valence-electron chi connectivity index (χ0n) is 13.5. The first-order valence-electron chi connectivity index (χ1n) is 7.96. The number of carbonyl (C=O) groups is 2. The summed E-state index contributed by atoms with van der Waals surface area (Å²) in [6, 6.07) is 9.04. The van der Waals surface area contributed by atoms with E-state index >= 15 is 0 Å². The number of para-hydroxylation sites is 1. The second-order valence-electron chi connectivity index (χ2n) is 5.80. The second-order valence-corrected chi connectivity index (χ2v) is 5.80. The molecule has 1 aliphatic heterocycles. The van der Waals surface area contributed by atoms with Crippen molar-refractivity contribution in [1.29, 1.82) is 0 Å². The zero-order chi connectivity index (χ0) is 16.7. The predicted molar refractivity (Wildman–Crippen MR) is 86.4 cm³/mol. The van der Waals surface area contributed by atoms with Crippen molar-refractivity contribution in [3.8, 4) is 5.75 Å². The van der Waals surface area contributed by atoms with E-state index in [1.54, 1.807) is 16.8 Å².